The first kappa shape index (κ1) is 11.4. The molecular formula is C7H13BrN2O2. The quantitative estimate of drug-likeness (QED) is 0.677. The lowest BCUT2D eigenvalue weighted by atomic mass is 10.4. The van der Waals surface area contributed by atoms with E-state index in [0.717, 1.165) is 0 Å². The topological polar surface area (TPSA) is 58.2 Å². The number of halogens is 1. The average molecular weight is 237 g/mol. The van der Waals surface area contributed by atoms with Gasteiger partial charge in [-0.25, -0.2) is 0 Å². The lowest BCUT2D eigenvalue weighted by Crippen LogP contribution is -2.39. The Hall–Kier alpha value is -0.580. The number of carbonyl (C=O) groups excluding carboxylic acids is 2. The molecule has 0 aliphatic carbocycles. The maximum absolute atomic E-state index is 10.9. The van der Waals surface area contributed by atoms with E-state index >= 15 is 0 Å². The van der Waals surface area contributed by atoms with Crippen LogP contribution in [0, 0.1) is 0 Å². The fourth-order valence-corrected chi connectivity index (χ4v) is 0.730. The Morgan fingerprint density at radius 2 is 2.00 bits per heavy atom. The molecule has 0 saturated carbocycles. The summed E-state index contributed by atoms with van der Waals surface area (Å²) in [5.41, 5.74) is 0. The Morgan fingerprint density at radius 1 is 1.42 bits per heavy atom. The second-order valence-electron chi connectivity index (χ2n) is 2.29. The van der Waals surface area contributed by atoms with Crippen molar-refractivity contribution in [3.8, 4) is 0 Å². The number of amides is 2. The minimum Gasteiger partial charge on any atom is -0.355 e. The van der Waals surface area contributed by atoms with Crippen molar-refractivity contribution in [2.24, 2.45) is 0 Å². The summed E-state index contributed by atoms with van der Waals surface area (Å²) in [7, 11) is 0. The summed E-state index contributed by atoms with van der Waals surface area (Å²) in [5.74, 6) is -0.347. The molecule has 0 saturated heterocycles. The highest BCUT2D eigenvalue weighted by molar-refractivity contribution is 9.10. The molecule has 70 valence electrons. The van der Waals surface area contributed by atoms with Gasteiger partial charge in [-0.1, -0.05) is 15.9 Å². The van der Waals surface area contributed by atoms with Crippen molar-refractivity contribution in [2.45, 2.75) is 18.7 Å². The molecule has 1 atom stereocenters. The third-order valence-electron chi connectivity index (χ3n) is 1.16. The number of rotatable bonds is 4. The number of hydrogen-bond donors (Lipinski definition) is 2. The summed E-state index contributed by atoms with van der Waals surface area (Å²) in [4.78, 5) is 21.5. The molecule has 0 fully saturated rings. The highest BCUT2D eigenvalue weighted by Gasteiger charge is 2.08. The van der Waals surface area contributed by atoms with Crippen LogP contribution in [0.15, 0.2) is 0 Å². The number of hydrogen-bond acceptors (Lipinski definition) is 2. The summed E-state index contributed by atoms with van der Waals surface area (Å²) in [5, 5.41) is 5.04. The first-order valence-corrected chi connectivity index (χ1v) is 4.68. The lowest BCUT2D eigenvalue weighted by molar-refractivity contribution is -0.125. The molecule has 5 heteroatoms. The second-order valence-corrected chi connectivity index (χ2v) is 3.66. The molecule has 1 unspecified atom stereocenters. The van der Waals surface area contributed by atoms with E-state index < -0.39 is 0 Å². The van der Waals surface area contributed by atoms with Gasteiger partial charge >= 0.3 is 0 Å². The standard InChI is InChI=1S/C7H13BrN2O2/c1-3-9-6(11)4-10-7(12)5(2)8/h5H,3-4H2,1-2H3,(H,9,11)(H,10,12). The van der Waals surface area contributed by atoms with Gasteiger partial charge in [0.1, 0.15) is 0 Å². The summed E-state index contributed by atoms with van der Waals surface area (Å²) in [6.45, 7) is 4.15. The zero-order valence-electron chi connectivity index (χ0n) is 7.19. The molecule has 12 heavy (non-hydrogen) atoms. The van der Waals surface area contributed by atoms with E-state index in [1.54, 1.807) is 6.92 Å². The minimum absolute atomic E-state index is 0.0443. The Morgan fingerprint density at radius 3 is 2.42 bits per heavy atom. The lowest BCUT2D eigenvalue weighted by Gasteiger charge is -2.05. The molecule has 0 aliphatic heterocycles. The summed E-state index contributed by atoms with van der Waals surface area (Å²) in [6, 6.07) is 0. The molecule has 0 aliphatic rings. The van der Waals surface area contributed by atoms with E-state index in [-0.39, 0.29) is 23.2 Å². The maximum atomic E-state index is 10.9. The molecule has 0 aromatic heterocycles. The maximum Gasteiger partial charge on any atom is 0.239 e. The highest BCUT2D eigenvalue weighted by atomic mass is 79.9. The smallest absolute Gasteiger partial charge is 0.239 e. The summed E-state index contributed by atoms with van der Waals surface area (Å²) < 4.78 is 0. The predicted molar refractivity (Wildman–Crippen MR) is 50.1 cm³/mol. The molecule has 0 bridgehead atoms. The van der Waals surface area contributed by atoms with Gasteiger partial charge < -0.3 is 10.6 Å². The van der Waals surface area contributed by atoms with Gasteiger partial charge in [0.05, 0.1) is 11.4 Å². The fourth-order valence-electron chi connectivity index (χ4n) is 0.568. The van der Waals surface area contributed by atoms with Gasteiger partial charge in [-0.3, -0.25) is 9.59 Å². The van der Waals surface area contributed by atoms with Crippen molar-refractivity contribution in [2.75, 3.05) is 13.1 Å². The van der Waals surface area contributed by atoms with Crippen LogP contribution >= 0.6 is 15.9 Å². The van der Waals surface area contributed by atoms with Crippen LogP contribution in [-0.4, -0.2) is 29.7 Å². The molecule has 2 amide bonds. The zero-order chi connectivity index (χ0) is 9.56. The Labute approximate surface area is 80.2 Å². The average Bonchev–Trinajstić information content (AvgIpc) is 2.00. The number of carbonyl (C=O) groups is 2. The molecule has 0 aromatic carbocycles. The molecule has 0 spiro atoms. The zero-order valence-corrected chi connectivity index (χ0v) is 8.77. The van der Waals surface area contributed by atoms with Crippen molar-refractivity contribution >= 4 is 27.7 Å². The summed E-state index contributed by atoms with van der Waals surface area (Å²) in [6.07, 6.45) is 0. The highest BCUT2D eigenvalue weighted by Crippen LogP contribution is 1.95. The molecule has 2 N–H and O–H groups in total. The van der Waals surface area contributed by atoms with Crippen molar-refractivity contribution in [3.63, 3.8) is 0 Å². The summed E-state index contributed by atoms with van der Waals surface area (Å²) >= 11 is 3.09. The normalized spacial score (nSPS) is 11.9. The van der Waals surface area contributed by atoms with Gasteiger partial charge in [-0.2, -0.15) is 0 Å². The van der Waals surface area contributed by atoms with Crippen LogP contribution in [0.5, 0.6) is 0 Å². The molecule has 0 aromatic rings. The SMILES string of the molecule is CCNC(=O)CNC(=O)C(C)Br. The minimum atomic E-state index is -0.257. The first-order valence-electron chi connectivity index (χ1n) is 3.76. The van der Waals surface area contributed by atoms with Crippen LogP contribution in [0.3, 0.4) is 0 Å². The van der Waals surface area contributed by atoms with Crippen LogP contribution in [0.25, 0.3) is 0 Å². The van der Waals surface area contributed by atoms with Crippen molar-refractivity contribution in [1.29, 1.82) is 0 Å². The van der Waals surface area contributed by atoms with Gasteiger partial charge in [0, 0.05) is 6.54 Å². The number of alkyl halides is 1. The van der Waals surface area contributed by atoms with E-state index in [2.05, 4.69) is 26.6 Å². The molecule has 0 heterocycles. The van der Waals surface area contributed by atoms with Crippen LogP contribution in [-0.2, 0) is 9.59 Å². The van der Waals surface area contributed by atoms with E-state index in [9.17, 15) is 9.59 Å². The van der Waals surface area contributed by atoms with E-state index in [4.69, 9.17) is 0 Å². The Balaban J connectivity index is 3.54. The first-order chi connectivity index (χ1) is 5.57. The number of nitrogens with one attached hydrogen (secondary N) is 2. The molecule has 0 radical (unpaired) electrons. The third kappa shape index (κ3) is 5.12. The fraction of sp³-hybridized carbons (Fsp3) is 0.714. The van der Waals surface area contributed by atoms with Crippen molar-refractivity contribution in [3.05, 3.63) is 0 Å². The van der Waals surface area contributed by atoms with Gasteiger partial charge in [-0.15, -0.1) is 0 Å². The van der Waals surface area contributed by atoms with Crippen LogP contribution in [0.2, 0.25) is 0 Å². The van der Waals surface area contributed by atoms with Crippen LogP contribution in [0.4, 0.5) is 0 Å². The third-order valence-corrected chi connectivity index (χ3v) is 1.57. The molecular weight excluding hydrogens is 224 g/mol. The van der Waals surface area contributed by atoms with Crippen molar-refractivity contribution in [1.82, 2.24) is 10.6 Å². The van der Waals surface area contributed by atoms with Gasteiger partial charge in [0.2, 0.25) is 11.8 Å². The van der Waals surface area contributed by atoms with Gasteiger partial charge in [0.25, 0.3) is 0 Å². The monoisotopic (exact) mass is 236 g/mol. The van der Waals surface area contributed by atoms with Crippen molar-refractivity contribution < 1.29 is 9.59 Å². The largest absolute Gasteiger partial charge is 0.355 e. The molecule has 4 nitrogen and oxygen atoms in total. The van der Waals surface area contributed by atoms with E-state index in [0.29, 0.717) is 6.54 Å². The van der Waals surface area contributed by atoms with Gasteiger partial charge in [0.15, 0.2) is 0 Å². The van der Waals surface area contributed by atoms with E-state index in [1.165, 1.54) is 0 Å². The number of likely N-dealkylation sites (N-methyl/N-ethyl adjacent to an activating group) is 1. The predicted octanol–water partition coefficient (Wildman–Crippen LogP) is 0.0221. The van der Waals surface area contributed by atoms with Crippen LogP contribution < -0.4 is 10.6 Å². The van der Waals surface area contributed by atoms with E-state index in [1.807, 2.05) is 6.92 Å². The Kier molecular flexibility index (Phi) is 5.70. The Bertz CT molecular complexity index is 171. The van der Waals surface area contributed by atoms with Crippen LogP contribution in [0.1, 0.15) is 13.8 Å². The molecule has 0 rings (SSSR count). The van der Waals surface area contributed by atoms with Gasteiger partial charge in [-0.05, 0) is 13.8 Å². The second kappa shape index (κ2) is 5.99.